The lowest BCUT2D eigenvalue weighted by molar-refractivity contribution is 0.422. The van der Waals surface area contributed by atoms with Crippen molar-refractivity contribution in [1.82, 2.24) is 19.6 Å². The van der Waals surface area contributed by atoms with E-state index in [4.69, 9.17) is 9.72 Å². The van der Waals surface area contributed by atoms with Gasteiger partial charge in [0.25, 0.3) is 0 Å². The van der Waals surface area contributed by atoms with Gasteiger partial charge in [-0.1, -0.05) is 66.7 Å². The number of fused-ring (bicyclic) bond motifs is 5. The van der Waals surface area contributed by atoms with E-state index in [2.05, 4.69) is 10.1 Å². The van der Waals surface area contributed by atoms with Crippen LogP contribution in [0.15, 0.2) is 91.3 Å². The highest BCUT2D eigenvalue weighted by Gasteiger charge is 2.33. The van der Waals surface area contributed by atoms with Crippen molar-refractivity contribution in [2.75, 3.05) is 0 Å². The van der Waals surface area contributed by atoms with Crippen LogP contribution in [0.2, 0.25) is 0 Å². The van der Waals surface area contributed by atoms with Crippen molar-refractivity contribution in [1.29, 1.82) is 0 Å². The fourth-order valence-corrected chi connectivity index (χ4v) is 4.84. The molecule has 1 unspecified atom stereocenters. The van der Waals surface area contributed by atoms with E-state index < -0.39 is 0 Å². The van der Waals surface area contributed by atoms with Gasteiger partial charge in [0.15, 0.2) is 11.5 Å². The summed E-state index contributed by atoms with van der Waals surface area (Å²) in [4.78, 5) is 9.38. The van der Waals surface area contributed by atoms with Crippen LogP contribution < -0.4 is 4.74 Å². The third kappa shape index (κ3) is 2.95. The Hall–Kier alpha value is -4.91. The first-order valence-corrected chi connectivity index (χ1v) is 11.2. The van der Waals surface area contributed by atoms with Gasteiger partial charge in [0.05, 0.1) is 11.1 Å². The smallest absolute Gasteiger partial charge is 0.228 e. The molecular weight excluding hydrogens is 440 g/mol. The van der Waals surface area contributed by atoms with Gasteiger partial charge in [-0.2, -0.15) is 0 Å². The summed E-state index contributed by atoms with van der Waals surface area (Å²) >= 11 is 0. The van der Waals surface area contributed by atoms with E-state index in [1.165, 1.54) is 0 Å². The number of ether oxygens (including phenoxy) is 1. The van der Waals surface area contributed by atoms with Gasteiger partial charge in [-0.3, -0.25) is 0 Å². The number of phenols is 2. The van der Waals surface area contributed by atoms with Crippen LogP contribution >= 0.6 is 0 Å². The van der Waals surface area contributed by atoms with Gasteiger partial charge in [0.1, 0.15) is 23.6 Å². The Labute approximate surface area is 199 Å². The Balaban J connectivity index is 1.47. The Morgan fingerprint density at radius 2 is 1.69 bits per heavy atom. The molecule has 1 atom stereocenters. The maximum absolute atomic E-state index is 11.0. The molecule has 0 spiro atoms. The summed E-state index contributed by atoms with van der Waals surface area (Å²) in [5.74, 6) is 1.39. The summed E-state index contributed by atoms with van der Waals surface area (Å²) in [5.41, 5.74) is 3.84. The predicted molar refractivity (Wildman–Crippen MR) is 131 cm³/mol. The second-order valence-corrected chi connectivity index (χ2v) is 8.52. The van der Waals surface area contributed by atoms with Gasteiger partial charge in [0, 0.05) is 22.9 Å². The van der Waals surface area contributed by atoms with Gasteiger partial charge in [-0.15, -0.1) is 5.10 Å². The molecule has 0 saturated carbocycles. The summed E-state index contributed by atoms with van der Waals surface area (Å²) in [5, 5.41) is 27.4. The normalized spacial score (nSPS) is 14.5. The Morgan fingerprint density at radius 1 is 0.857 bits per heavy atom. The number of aromatic hydroxyl groups is 2. The van der Waals surface area contributed by atoms with E-state index in [0.29, 0.717) is 28.7 Å². The van der Waals surface area contributed by atoms with E-state index in [1.807, 2.05) is 72.8 Å². The average Bonchev–Trinajstić information content (AvgIpc) is 3.32. The zero-order chi connectivity index (χ0) is 23.5. The van der Waals surface area contributed by atoms with Gasteiger partial charge in [-0.05, 0) is 23.1 Å². The molecule has 6 aromatic rings. The van der Waals surface area contributed by atoms with Crippen molar-refractivity contribution in [3.63, 3.8) is 0 Å². The number of hydrogen-bond donors (Lipinski definition) is 2. The highest BCUT2D eigenvalue weighted by atomic mass is 16.5. The molecule has 0 saturated heterocycles. The Bertz CT molecular complexity index is 1760. The van der Waals surface area contributed by atoms with Gasteiger partial charge in [0.2, 0.25) is 5.88 Å². The van der Waals surface area contributed by atoms with E-state index in [1.54, 1.807) is 23.0 Å². The van der Waals surface area contributed by atoms with Gasteiger partial charge >= 0.3 is 0 Å². The minimum absolute atomic E-state index is 0.122. The quantitative estimate of drug-likeness (QED) is 0.348. The highest BCUT2D eigenvalue weighted by molar-refractivity contribution is 5.93. The van der Waals surface area contributed by atoms with Crippen molar-refractivity contribution in [2.24, 2.45) is 0 Å². The van der Waals surface area contributed by atoms with Crippen molar-refractivity contribution >= 4 is 16.4 Å². The molecule has 7 heteroatoms. The number of hydrogen-bond acceptors (Lipinski definition) is 6. The van der Waals surface area contributed by atoms with Crippen LogP contribution in [0.25, 0.3) is 27.8 Å². The topological polar surface area (TPSA) is 92.8 Å². The van der Waals surface area contributed by atoms with Crippen molar-refractivity contribution in [2.45, 2.75) is 5.92 Å². The predicted octanol–water partition coefficient (Wildman–Crippen LogP) is 5.64. The van der Waals surface area contributed by atoms with Crippen molar-refractivity contribution in [3.05, 3.63) is 108 Å². The molecule has 2 aromatic heterocycles. The lowest BCUT2D eigenvalue weighted by Gasteiger charge is -2.27. The van der Waals surface area contributed by atoms with Crippen molar-refractivity contribution in [3.8, 4) is 34.5 Å². The lowest BCUT2D eigenvalue weighted by Crippen LogP contribution is -2.14. The first-order valence-electron chi connectivity index (χ1n) is 11.2. The maximum Gasteiger partial charge on any atom is 0.228 e. The van der Waals surface area contributed by atoms with Gasteiger partial charge < -0.3 is 14.9 Å². The number of nitrogens with zero attached hydrogens (tertiary/aromatic N) is 4. The lowest BCUT2D eigenvalue weighted by atomic mass is 9.84. The van der Waals surface area contributed by atoms with Crippen molar-refractivity contribution < 1.29 is 14.9 Å². The molecule has 7 rings (SSSR count). The molecule has 0 radical (unpaired) electrons. The standard InChI is InChI=1S/C28H18N4O3/c33-18-11-13-20-22(14-18)35-28-24(23(20)17-7-2-1-3-8-17)27-30-26(31-32(27)15-29-28)21-12-10-16-6-4-5-9-19(16)25(21)34/h1-15,23,33-34H. The van der Waals surface area contributed by atoms with Gasteiger partial charge in [-0.25, -0.2) is 14.5 Å². The van der Waals surface area contributed by atoms with Crippen LogP contribution in [0, 0.1) is 0 Å². The number of benzene rings is 4. The van der Waals surface area contributed by atoms with Crippen LogP contribution in [0.3, 0.4) is 0 Å². The molecule has 35 heavy (non-hydrogen) atoms. The average molecular weight is 458 g/mol. The second-order valence-electron chi connectivity index (χ2n) is 8.52. The molecule has 0 fully saturated rings. The zero-order valence-electron chi connectivity index (χ0n) is 18.3. The molecule has 3 heterocycles. The maximum atomic E-state index is 11.0. The largest absolute Gasteiger partial charge is 0.508 e. The summed E-state index contributed by atoms with van der Waals surface area (Å²) in [7, 11) is 0. The first kappa shape index (κ1) is 19.5. The molecular formula is C28H18N4O3. The molecule has 0 aliphatic carbocycles. The number of rotatable bonds is 2. The molecule has 0 bridgehead atoms. The van der Waals surface area contributed by atoms with Crippen LogP contribution in [0.4, 0.5) is 0 Å². The molecule has 0 amide bonds. The molecule has 168 valence electrons. The number of phenolic OH excluding ortho intramolecular Hbond substituents is 2. The molecule has 7 nitrogen and oxygen atoms in total. The van der Waals surface area contributed by atoms with E-state index in [9.17, 15) is 10.2 Å². The SMILES string of the molecule is Oc1ccc2c(c1)Oc1ncn3nc(-c4ccc5ccccc5c4O)nc3c1C2c1ccccc1. The summed E-state index contributed by atoms with van der Waals surface area (Å²) in [6.07, 6.45) is 1.55. The Morgan fingerprint density at radius 3 is 2.57 bits per heavy atom. The minimum atomic E-state index is -0.228. The fraction of sp³-hybridized carbons (Fsp3) is 0.0357. The second kappa shape index (κ2) is 7.30. The van der Waals surface area contributed by atoms with Crippen LogP contribution in [0.5, 0.6) is 23.1 Å². The van der Waals surface area contributed by atoms with E-state index in [0.717, 1.165) is 27.5 Å². The summed E-state index contributed by atoms with van der Waals surface area (Å²) in [6.45, 7) is 0. The molecule has 1 aliphatic rings. The molecule has 4 aromatic carbocycles. The first-order chi connectivity index (χ1) is 17.2. The highest BCUT2D eigenvalue weighted by Crippen LogP contribution is 2.48. The Kier molecular flexibility index (Phi) is 4.08. The van der Waals surface area contributed by atoms with Crippen LogP contribution in [0.1, 0.15) is 22.6 Å². The molecule has 1 aliphatic heterocycles. The van der Waals surface area contributed by atoms with E-state index >= 15 is 0 Å². The summed E-state index contributed by atoms with van der Waals surface area (Å²) < 4.78 is 7.73. The zero-order valence-corrected chi connectivity index (χ0v) is 18.3. The minimum Gasteiger partial charge on any atom is -0.508 e. The number of aromatic nitrogens is 4. The van der Waals surface area contributed by atoms with Crippen LogP contribution in [-0.2, 0) is 0 Å². The van der Waals surface area contributed by atoms with Crippen LogP contribution in [-0.4, -0.2) is 29.8 Å². The molecule has 2 N–H and O–H groups in total. The third-order valence-electron chi connectivity index (χ3n) is 6.46. The summed E-state index contributed by atoms with van der Waals surface area (Å²) in [6, 6.07) is 26.6. The third-order valence-corrected chi connectivity index (χ3v) is 6.46. The monoisotopic (exact) mass is 458 g/mol. The van der Waals surface area contributed by atoms with E-state index in [-0.39, 0.29) is 17.4 Å². The fourth-order valence-electron chi connectivity index (χ4n) is 4.84.